The summed E-state index contributed by atoms with van der Waals surface area (Å²) < 4.78 is 13.1. The number of nitrogens with two attached hydrogens (primary N) is 1. The molecule has 16 heavy (non-hydrogen) atoms. The van der Waals surface area contributed by atoms with E-state index in [9.17, 15) is 9.18 Å². The summed E-state index contributed by atoms with van der Waals surface area (Å²) in [4.78, 5) is 11.1. The number of hydrogen-bond acceptors (Lipinski definition) is 3. The fourth-order valence-electron chi connectivity index (χ4n) is 1.15. The summed E-state index contributed by atoms with van der Waals surface area (Å²) in [5.41, 5.74) is 4.70. The number of rotatable bonds is 3. The van der Waals surface area contributed by atoms with Gasteiger partial charge in [0, 0.05) is 5.69 Å². The Hall–Kier alpha value is -2.09. The van der Waals surface area contributed by atoms with Crippen LogP contribution in [0.25, 0.3) is 0 Å². The van der Waals surface area contributed by atoms with Gasteiger partial charge in [-0.2, -0.15) is 5.26 Å². The van der Waals surface area contributed by atoms with E-state index in [-0.39, 0.29) is 5.56 Å². The van der Waals surface area contributed by atoms with E-state index in [4.69, 9.17) is 11.0 Å². The summed E-state index contributed by atoms with van der Waals surface area (Å²) in [6, 6.07) is 5.59. The van der Waals surface area contributed by atoms with E-state index in [0.29, 0.717) is 5.69 Å². The third-order valence-corrected chi connectivity index (χ3v) is 2.10. The zero-order chi connectivity index (χ0) is 12.3. The predicted octanol–water partition coefficient (Wildman–Crippen LogP) is 1.37. The molecule has 4 nitrogen and oxygen atoms in total. The molecule has 1 aromatic carbocycles. The highest BCUT2D eigenvalue weighted by Crippen LogP contribution is 2.18. The summed E-state index contributed by atoms with van der Waals surface area (Å²) >= 11 is 0. The fourth-order valence-corrected chi connectivity index (χ4v) is 1.15. The molecule has 3 N–H and O–H groups in total. The molecule has 0 bridgehead atoms. The highest BCUT2D eigenvalue weighted by atomic mass is 19.1. The van der Waals surface area contributed by atoms with Crippen LogP contribution < -0.4 is 11.1 Å². The maximum Gasteiger partial charge on any atom is 0.242 e. The van der Waals surface area contributed by atoms with Crippen LogP contribution in [0, 0.1) is 17.1 Å². The second-order valence-corrected chi connectivity index (χ2v) is 3.95. The molecule has 1 rings (SSSR count). The van der Waals surface area contributed by atoms with E-state index in [1.54, 1.807) is 13.8 Å². The molecule has 0 aliphatic rings. The first-order valence-electron chi connectivity index (χ1n) is 4.64. The molecule has 0 radical (unpaired) electrons. The quantitative estimate of drug-likeness (QED) is 0.809. The number of halogens is 1. The minimum Gasteiger partial charge on any atom is -0.372 e. The minimum absolute atomic E-state index is 0.183. The maximum atomic E-state index is 13.1. The summed E-state index contributed by atoms with van der Waals surface area (Å²) in [5, 5.41) is 11.4. The van der Waals surface area contributed by atoms with Gasteiger partial charge in [-0.05, 0) is 32.0 Å². The van der Waals surface area contributed by atoms with E-state index in [0.717, 1.165) is 6.07 Å². The van der Waals surface area contributed by atoms with Crippen LogP contribution in [0.3, 0.4) is 0 Å². The van der Waals surface area contributed by atoms with Gasteiger partial charge < -0.3 is 11.1 Å². The molecule has 0 fully saturated rings. The average molecular weight is 221 g/mol. The standard InChI is InChI=1S/C11H12FN3O/c1-11(2,10(14)16)15-9-4-7(6-13)3-8(12)5-9/h3-5,15H,1-2H3,(H2,14,16). The zero-order valence-corrected chi connectivity index (χ0v) is 9.04. The van der Waals surface area contributed by atoms with Crippen LogP contribution in [-0.4, -0.2) is 11.4 Å². The largest absolute Gasteiger partial charge is 0.372 e. The number of nitrogens with zero attached hydrogens (tertiary/aromatic N) is 1. The number of amides is 1. The van der Waals surface area contributed by atoms with Gasteiger partial charge in [-0.15, -0.1) is 0 Å². The number of primary amides is 1. The van der Waals surface area contributed by atoms with Crippen LogP contribution in [0.15, 0.2) is 18.2 Å². The van der Waals surface area contributed by atoms with Crippen molar-refractivity contribution in [3.8, 4) is 6.07 Å². The lowest BCUT2D eigenvalue weighted by molar-refractivity contribution is -0.121. The lowest BCUT2D eigenvalue weighted by atomic mass is 10.0. The Morgan fingerprint density at radius 3 is 2.62 bits per heavy atom. The molecule has 84 valence electrons. The monoisotopic (exact) mass is 221 g/mol. The van der Waals surface area contributed by atoms with Crippen LogP contribution in [0.1, 0.15) is 19.4 Å². The summed E-state index contributed by atoms with van der Waals surface area (Å²) in [7, 11) is 0. The highest BCUT2D eigenvalue weighted by Gasteiger charge is 2.24. The van der Waals surface area contributed by atoms with Crippen molar-refractivity contribution in [3.63, 3.8) is 0 Å². The van der Waals surface area contributed by atoms with Gasteiger partial charge >= 0.3 is 0 Å². The predicted molar refractivity (Wildman–Crippen MR) is 58.0 cm³/mol. The Bertz CT molecular complexity index is 463. The molecule has 0 aliphatic carbocycles. The number of hydrogen-bond donors (Lipinski definition) is 2. The van der Waals surface area contributed by atoms with Gasteiger partial charge in [0.05, 0.1) is 11.6 Å². The lowest BCUT2D eigenvalue weighted by Crippen LogP contribution is -2.45. The molecule has 1 aromatic rings. The van der Waals surface area contributed by atoms with Crippen LogP contribution in [0.5, 0.6) is 0 Å². The highest BCUT2D eigenvalue weighted by molar-refractivity contribution is 5.87. The molecule has 5 heteroatoms. The van der Waals surface area contributed by atoms with Gasteiger partial charge in [0.1, 0.15) is 11.4 Å². The van der Waals surface area contributed by atoms with Gasteiger partial charge in [-0.3, -0.25) is 4.79 Å². The smallest absolute Gasteiger partial charge is 0.242 e. The first kappa shape index (κ1) is 12.0. The van der Waals surface area contributed by atoms with Crippen LogP contribution in [0.4, 0.5) is 10.1 Å². The van der Waals surface area contributed by atoms with Crippen molar-refractivity contribution in [2.75, 3.05) is 5.32 Å². The molecule has 0 saturated heterocycles. The molecule has 0 aromatic heterocycles. The number of nitriles is 1. The molecule has 0 atom stereocenters. The van der Waals surface area contributed by atoms with Crippen molar-refractivity contribution < 1.29 is 9.18 Å². The maximum absolute atomic E-state index is 13.1. The number of carbonyl (C=O) groups is 1. The van der Waals surface area contributed by atoms with Crippen molar-refractivity contribution in [2.24, 2.45) is 5.73 Å². The van der Waals surface area contributed by atoms with Crippen LogP contribution in [-0.2, 0) is 4.79 Å². The lowest BCUT2D eigenvalue weighted by Gasteiger charge is -2.23. The van der Waals surface area contributed by atoms with Gasteiger partial charge in [0.2, 0.25) is 5.91 Å². The van der Waals surface area contributed by atoms with Gasteiger partial charge in [0.25, 0.3) is 0 Å². The van der Waals surface area contributed by atoms with E-state index in [1.807, 2.05) is 6.07 Å². The van der Waals surface area contributed by atoms with Crippen molar-refractivity contribution in [1.29, 1.82) is 5.26 Å². The molecule has 1 amide bonds. The van der Waals surface area contributed by atoms with E-state index in [1.165, 1.54) is 12.1 Å². The normalized spacial score (nSPS) is 10.6. The molecule has 0 aliphatic heterocycles. The zero-order valence-electron chi connectivity index (χ0n) is 9.04. The van der Waals surface area contributed by atoms with Crippen molar-refractivity contribution in [2.45, 2.75) is 19.4 Å². The van der Waals surface area contributed by atoms with E-state index >= 15 is 0 Å². The summed E-state index contributed by atoms with van der Waals surface area (Å²) in [6.45, 7) is 3.15. The Kier molecular flexibility index (Phi) is 3.14. The van der Waals surface area contributed by atoms with Crippen molar-refractivity contribution in [1.82, 2.24) is 0 Å². The van der Waals surface area contributed by atoms with Crippen LogP contribution >= 0.6 is 0 Å². The average Bonchev–Trinajstić information content (AvgIpc) is 2.15. The molecule has 0 heterocycles. The van der Waals surface area contributed by atoms with Gasteiger partial charge in [-0.25, -0.2) is 4.39 Å². The number of anilines is 1. The van der Waals surface area contributed by atoms with Crippen LogP contribution in [0.2, 0.25) is 0 Å². The molecule has 0 spiro atoms. The summed E-state index contributed by atoms with van der Waals surface area (Å²) in [5.74, 6) is -1.10. The first-order valence-corrected chi connectivity index (χ1v) is 4.64. The Morgan fingerprint density at radius 2 is 2.12 bits per heavy atom. The summed E-state index contributed by atoms with van der Waals surface area (Å²) in [6.07, 6.45) is 0. The molecule has 0 unspecified atom stereocenters. The van der Waals surface area contributed by atoms with Gasteiger partial charge in [-0.1, -0.05) is 0 Å². The fraction of sp³-hybridized carbons (Fsp3) is 0.273. The number of nitrogens with one attached hydrogen (secondary N) is 1. The van der Waals surface area contributed by atoms with Crippen molar-refractivity contribution in [3.05, 3.63) is 29.6 Å². The van der Waals surface area contributed by atoms with E-state index < -0.39 is 17.3 Å². The minimum atomic E-state index is -0.999. The third-order valence-electron chi connectivity index (χ3n) is 2.10. The second-order valence-electron chi connectivity index (χ2n) is 3.95. The Labute approximate surface area is 92.9 Å². The number of carbonyl (C=O) groups excluding carboxylic acids is 1. The molecular weight excluding hydrogens is 209 g/mol. The SMILES string of the molecule is CC(C)(Nc1cc(F)cc(C#N)c1)C(N)=O. The third kappa shape index (κ3) is 2.70. The Balaban J connectivity index is 3.03. The number of benzene rings is 1. The van der Waals surface area contributed by atoms with E-state index in [2.05, 4.69) is 5.32 Å². The molecule has 0 saturated carbocycles. The second kappa shape index (κ2) is 4.19. The molecular formula is C11H12FN3O. The Morgan fingerprint density at radius 1 is 1.50 bits per heavy atom. The van der Waals surface area contributed by atoms with Gasteiger partial charge in [0.15, 0.2) is 0 Å². The van der Waals surface area contributed by atoms with Crippen molar-refractivity contribution >= 4 is 11.6 Å². The topological polar surface area (TPSA) is 78.9 Å². The first-order chi connectivity index (χ1) is 7.35.